The number of hydrogen-bond donors (Lipinski definition) is 1. The molecule has 9 nitrogen and oxygen atoms in total. The highest BCUT2D eigenvalue weighted by molar-refractivity contribution is 7.92. The van der Waals surface area contributed by atoms with E-state index in [0.717, 1.165) is 21.0 Å². The topological polar surface area (TPSA) is 105 Å². The van der Waals surface area contributed by atoms with Gasteiger partial charge in [0.15, 0.2) is 11.5 Å². The first-order valence-electron chi connectivity index (χ1n) is 15.8. The van der Waals surface area contributed by atoms with Crippen LogP contribution in [0.3, 0.4) is 0 Å². The minimum atomic E-state index is -4.37. The highest BCUT2D eigenvalue weighted by atomic mass is 35.5. The van der Waals surface area contributed by atoms with E-state index in [9.17, 15) is 18.0 Å². The molecule has 2 amide bonds. The van der Waals surface area contributed by atoms with Gasteiger partial charge in [-0.3, -0.25) is 13.9 Å². The van der Waals surface area contributed by atoms with Gasteiger partial charge in [-0.15, -0.1) is 0 Å². The molecule has 0 aliphatic carbocycles. The SMILES string of the molecule is CCCNC(=O)C(Cc1ccccc1)N(Cc1ccc(Cl)cc1Cl)C(=O)CN(c1cc(C)cc(C)c1)S(=O)(=O)c1ccc(OC)c(OC)c1. The number of methoxy groups -OCH3 is 2. The summed E-state index contributed by atoms with van der Waals surface area (Å²) in [5, 5.41) is 3.65. The number of hydrogen-bond acceptors (Lipinski definition) is 6. The molecule has 0 aliphatic rings. The van der Waals surface area contributed by atoms with Crippen LogP contribution < -0.4 is 19.1 Å². The van der Waals surface area contributed by atoms with E-state index in [2.05, 4.69) is 5.32 Å². The predicted octanol–water partition coefficient (Wildman–Crippen LogP) is 6.99. The zero-order valence-electron chi connectivity index (χ0n) is 28.2. The summed E-state index contributed by atoms with van der Waals surface area (Å²) in [5.74, 6) is -0.417. The van der Waals surface area contributed by atoms with Crippen molar-refractivity contribution in [3.05, 3.63) is 117 Å². The number of amides is 2. The van der Waals surface area contributed by atoms with Crippen LogP contribution in [0.5, 0.6) is 11.5 Å². The number of nitrogens with one attached hydrogen (secondary N) is 1. The van der Waals surface area contributed by atoms with Crippen LogP contribution in [0, 0.1) is 13.8 Å². The molecule has 1 atom stereocenters. The maximum Gasteiger partial charge on any atom is 0.264 e. The average molecular weight is 727 g/mol. The zero-order chi connectivity index (χ0) is 35.7. The number of aryl methyl sites for hydroxylation is 2. The van der Waals surface area contributed by atoms with Gasteiger partial charge in [0.1, 0.15) is 12.6 Å². The Kier molecular flexibility index (Phi) is 13.0. The van der Waals surface area contributed by atoms with Crippen molar-refractivity contribution in [2.45, 2.75) is 51.1 Å². The van der Waals surface area contributed by atoms with Gasteiger partial charge in [-0.05, 0) is 78.9 Å². The fraction of sp³-hybridized carbons (Fsp3) is 0.297. The average Bonchev–Trinajstić information content (AvgIpc) is 3.07. The van der Waals surface area contributed by atoms with Gasteiger partial charge in [0.05, 0.1) is 24.8 Å². The second kappa shape index (κ2) is 16.9. The molecule has 1 unspecified atom stereocenters. The van der Waals surface area contributed by atoms with E-state index in [0.29, 0.717) is 40.0 Å². The Balaban J connectivity index is 1.87. The fourth-order valence-electron chi connectivity index (χ4n) is 5.48. The Hall–Kier alpha value is -4.25. The zero-order valence-corrected chi connectivity index (χ0v) is 30.5. The van der Waals surface area contributed by atoms with Crippen molar-refractivity contribution < 1.29 is 27.5 Å². The molecule has 0 spiro atoms. The fourth-order valence-corrected chi connectivity index (χ4v) is 7.36. The number of halogens is 2. The molecule has 49 heavy (non-hydrogen) atoms. The van der Waals surface area contributed by atoms with Gasteiger partial charge in [-0.25, -0.2) is 8.42 Å². The second-order valence-corrected chi connectivity index (χ2v) is 14.3. The Morgan fingerprint density at radius 2 is 1.53 bits per heavy atom. The minimum Gasteiger partial charge on any atom is -0.493 e. The van der Waals surface area contributed by atoms with E-state index in [-0.39, 0.29) is 29.5 Å². The summed E-state index contributed by atoms with van der Waals surface area (Å²) in [6, 6.07) is 22.8. The first-order chi connectivity index (χ1) is 23.4. The van der Waals surface area contributed by atoms with Crippen LogP contribution in [-0.2, 0) is 32.6 Å². The molecule has 0 aliphatic heterocycles. The molecule has 0 saturated heterocycles. The van der Waals surface area contributed by atoms with Crippen molar-refractivity contribution in [1.29, 1.82) is 0 Å². The standard InChI is InChI=1S/C37H41Cl2N3O6S/c1-6-16-40-37(44)33(20-27-10-8-7-9-11-27)41(23-28-12-13-29(38)21-32(28)39)36(43)24-42(30-18-25(2)17-26(3)19-30)49(45,46)31-14-15-34(47-4)35(22-31)48-5/h7-15,17-19,21-22,33H,6,16,20,23-24H2,1-5H3,(H,40,44). The van der Waals surface area contributed by atoms with Gasteiger partial charge in [0.25, 0.3) is 10.0 Å². The predicted molar refractivity (Wildman–Crippen MR) is 194 cm³/mol. The van der Waals surface area contributed by atoms with E-state index >= 15 is 0 Å². The lowest BCUT2D eigenvalue weighted by Crippen LogP contribution is -2.53. The molecule has 0 saturated carbocycles. The Morgan fingerprint density at radius 3 is 2.14 bits per heavy atom. The van der Waals surface area contributed by atoms with Crippen molar-refractivity contribution in [3.8, 4) is 11.5 Å². The van der Waals surface area contributed by atoms with Crippen molar-refractivity contribution in [2.75, 3.05) is 31.6 Å². The summed E-state index contributed by atoms with van der Waals surface area (Å²) in [7, 11) is -1.51. The van der Waals surface area contributed by atoms with Gasteiger partial charge < -0.3 is 19.7 Å². The Bertz CT molecular complexity index is 1870. The number of carbonyl (C=O) groups is 2. The summed E-state index contributed by atoms with van der Waals surface area (Å²) >= 11 is 12.8. The van der Waals surface area contributed by atoms with Gasteiger partial charge >= 0.3 is 0 Å². The molecule has 4 aromatic carbocycles. The smallest absolute Gasteiger partial charge is 0.264 e. The van der Waals surface area contributed by atoms with Crippen LogP contribution >= 0.6 is 23.2 Å². The van der Waals surface area contributed by atoms with Crippen molar-refractivity contribution in [1.82, 2.24) is 10.2 Å². The normalized spacial score (nSPS) is 11.8. The van der Waals surface area contributed by atoms with Crippen LogP contribution in [0.1, 0.15) is 35.6 Å². The van der Waals surface area contributed by atoms with Crippen molar-refractivity contribution >= 4 is 50.7 Å². The minimum absolute atomic E-state index is 0.0804. The lowest BCUT2D eigenvalue weighted by molar-refractivity contribution is -0.140. The molecule has 1 N–H and O–H groups in total. The number of rotatable bonds is 15. The summed E-state index contributed by atoms with van der Waals surface area (Å²) in [5.41, 5.74) is 3.27. The van der Waals surface area contributed by atoms with Gasteiger partial charge in [0, 0.05) is 35.6 Å². The Morgan fingerprint density at radius 1 is 0.857 bits per heavy atom. The number of anilines is 1. The molecule has 4 rings (SSSR count). The molecule has 12 heteroatoms. The summed E-state index contributed by atoms with van der Waals surface area (Å²) in [6.45, 7) is 5.34. The molecule has 260 valence electrons. The van der Waals surface area contributed by atoms with Gasteiger partial charge in [-0.1, -0.05) is 72.6 Å². The van der Waals surface area contributed by atoms with E-state index in [1.807, 2.05) is 57.2 Å². The molecule has 0 aromatic heterocycles. The molecular formula is C37H41Cl2N3O6S. The van der Waals surface area contributed by atoms with Crippen LogP contribution in [0.4, 0.5) is 5.69 Å². The third-order valence-electron chi connectivity index (χ3n) is 7.89. The highest BCUT2D eigenvalue weighted by Gasteiger charge is 2.35. The lowest BCUT2D eigenvalue weighted by Gasteiger charge is -2.34. The van der Waals surface area contributed by atoms with Gasteiger partial charge in [-0.2, -0.15) is 0 Å². The van der Waals surface area contributed by atoms with E-state index in [1.54, 1.807) is 30.3 Å². The third-order valence-corrected chi connectivity index (χ3v) is 10.2. The van der Waals surface area contributed by atoms with Crippen LogP contribution in [0.15, 0.2) is 89.8 Å². The van der Waals surface area contributed by atoms with Crippen molar-refractivity contribution in [3.63, 3.8) is 0 Å². The number of benzene rings is 4. The monoisotopic (exact) mass is 725 g/mol. The quantitative estimate of drug-likeness (QED) is 0.142. The summed E-state index contributed by atoms with van der Waals surface area (Å²) < 4.78 is 40.8. The van der Waals surface area contributed by atoms with Crippen molar-refractivity contribution in [2.24, 2.45) is 0 Å². The number of nitrogens with zero attached hydrogens (tertiary/aromatic N) is 2. The molecule has 4 aromatic rings. The van der Waals surface area contributed by atoms with Crippen LogP contribution in [-0.4, -0.2) is 58.5 Å². The van der Waals surface area contributed by atoms with Crippen LogP contribution in [0.25, 0.3) is 0 Å². The van der Waals surface area contributed by atoms with Gasteiger partial charge in [0.2, 0.25) is 11.8 Å². The highest BCUT2D eigenvalue weighted by Crippen LogP contribution is 2.33. The first-order valence-corrected chi connectivity index (χ1v) is 18.0. The second-order valence-electron chi connectivity index (χ2n) is 11.6. The molecule has 0 radical (unpaired) electrons. The largest absolute Gasteiger partial charge is 0.493 e. The number of carbonyl (C=O) groups excluding carboxylic acids is 2. The lowest BCUT2D eigenvalue weighted by atomic mass is 10.0. The maximum absolute atomic E-state index is 14.7. The molecule has 0 fully saturated rings. The summed E-state index contributed by atoms with van der Waals surface area (Å²) in [4.78, 5) is 29.9. The Labute approximate surface area is 298 Å². The third kappa shape index (κ3) is 9.47. The summed E-state index contributed by atoms with van der Waals surface area (Å²) in [6.07, 6.45) is 0.865. The first kappa shape index (κ1) is 37.6. The number of ether oxygens (including phenoxy) is 2. The van der Waals surface area contributed by atoms with Crippen LogP contribution in [0.2, 0.25) is 10.0 Å². The van der Waals surface area contributed by atoms with E-state index < -0.39 is 28.5 Å². The van der Waals surface area contributed by atoms with E-state index in [1.165, 1.54) is 37.3 Å². The maximum atomic E-state index is 14.7. The number of sulfonamides is 1. The molecule has 0 heterocycles. The molecular weight excluding hydrogens is 685 g/mol. The van der Waals surface area contributed by atoms with E-state index in [4.69, 9.17) is 32.7 Å². The molecule has 0 bridgehead atoms.